The summed E-state index contributed by atoms with van der Waals surface area (Å²) in [4.78, 5) is 20.3. The van der Waals surface area contributed by atoms with E-state index in [1.54, 1.807) is 17.1 Å². The lowest BCUT2D eigenvalue weighted by molar-refractivity contribution is -0.117. The van der Waals surface area contributed by atoms with E-state index in [1.807, 2.05) is 13.2 Å². The number of carbonyl (C=O) groups is 1. The third-order valence-electron chi connectivity index (χ3n) is 4.50. The summed E-state index contributed by atoms with van der Waals surface area (Å²) in [5, 5.41) is 14.1. The smallest absolute Gasteiger partial charge is 0.243 e. The molecule has 2 aromatic rings. The summed E-state index contributed by atoms with van der Waals surface area (Å²) in [7, 11) is 1.84. The Labute approximate surface area is 163 Å². The molecule has 0 spiro atoms. The first-order valence-corrected chi connectivity index (χ1v) is 9.39. The number of aromatic nitrogens is 4. The first-order chi connectivity index (χ1) is 13.0. The number of hydrogen-bond acceptors (Lipinski definition) is 6. The largest absolute Gasteiger partial charge is 0.366 e. The zero-order valence-corrected chi connectivity index (χ0v) is 16.0. The molecule has 1 aliphatic carbocycles. The van der Waals surface area contributed by atoms with Crippen molar-refractivity contribution in [2.24, 2.45) is 7.05 Å². The summed E-state index contributed by atoms with van der Waals surface area (Å²) in [5.41, 5.74) is 0.799. The molecule has 1 aliphatic rings. The van der Waals surface area contributed by atoms with Crippen molar-refractivity contribution >= 4 is 35.0 Å². The predicted octanol–water partition coefficient (Wildman–Crippen LogP) is 3.02. The van der Waals surface area contributed by atoms with E-state index in [9.17, 15) is 4.79 Å². The van der Waals surface area contributed by atoms with E-state index in [-0.39, 0.29) is 18.0 Å². The molecule has 3 N–H and O–H groups in total. The molecule has 1 amide bonds. The molecule has 0 bridgehead atoms. The fourth-order valence-electron chi connectivity index (χ4n) is 3.22. The second kappa shape index (κ2) is 8.85. The van der Waals surface area contributed by atoms with Gasteiger partial charge in [0.2, 0.25) is 11.9 Å². The van der Waals surface area contributed by atoms with E-state index in [0.29, 0.717) is 16.8 Å². The molecule has 1 fully saturated rings. The normalized spacial score (nSPS) is 19.8. The number of nitrogens with one attached hydrogen (secondary N) is 3. The molecule has 0 unspecified atom stereocenters. The Morgan fingerprint density at radius 1 is 1.33 bits per heavy atom. The van der Waals surface area contributed by atoms with Crippen molar-refractivity contribution in [2.45, 2.75) is 44.2 Å². The van der Waals surface area contributed by atoms with Crippen LogP contribution in [0.5, 0.6) is 0 Å². The van der Waals surface area contributed by atoms with Gasteiger partial charge in [-0.05, 0) is 25.3 Å². The van der Waals surface area contributed by atoms with Crippen LogP contribution in [-0.2, 0) is 11.8 Å². The lowest BCUT2D eigenvalue weighted by Crippen LogP contribution is -2.37. The lowest BCUT2D eigenvalue weighted by Gasteiger charge is -2.22. The second-order valence-corrected chi connectivity index (χ2v) is 7.10. The average molecular weight is 390 g/mol. The van der Waals surface area contributed by atoms with Gasteiger partial charge in [-0.1, -0.05) is 31.0 Å². The summed E-state index contributed by atoms with van der Waals surface area (Å²) >= 11 is 6.29. The van der Waals surface area contributed by atoms with E-state index < -0.39 is 0 Å². The maximum absolute atomic E-state index is 11.6. The first-order valence-electron chi connectivity index (χ1n) is 9.01. The van der Waals surface area contributed by atoms with Crippen molar-refractivity contribution in [3.05, 3.63) is 36.3 Å². The number of amides is 1. The number of hydrogen-bond donors (Lipinski definition) is 3. The molecule has 9 heteroatoms. The topological polar surface area (TPSA) is 96.8 Å². The zero-order chi connectivity index (χ0) is 19.2. The van der Waals surface area contributed by atoms with Crippen molar-refractivity contribution in [3.8, 4) is 0 Å². The van der Waals surface area contributed by atoms with Gasteiger partial charge in [-0.3, -0.25) is 9.48 Å². The summed E-state index contributed by atoms with van der Waals surface area (Å²) in [6, 6.07) is 0.283. The van der Waals surface area contributed by atoms with Crippen LogP contribution >= 0.6 is 11.6 Å². The minimum atomic E-state index is -0.135. The van der Waals surface area contributed by atoms with Crippen LogP contribution in [0.25, 0.3) is 0 Å². The predicted molar refractivity (Wildman–Crippen MR) is 106 cm³/mol. The summed E-state index contributed by atoms with van der Waals surface area (Å²) < 4.78 is 1.70. The van der Waals surface area contributed by atoms with Gasteiger partial charge in [0.05, 0.1) is 18.1 Å². The minimum absolute atomic E-state index is 0.115. The molecule has 1 saturated carbocycles. The SMILES string of the molecule is C=CC(=O)N[C@@H]1CCCC[C@H](Nc2nc(Nc3cnn(C)c3)ncc2Cl)C1. The number of carbonyl (C=O) groups excluding carboxylic acids is 1. The van der Waals surface area contributed by atoms with E-state index >= 15 is 0 Å². The molecule has 0 aromatic carbocycles. The fourth-order valence-corrected chi connectivity index (χ4v) is 3.37. The number of rotatable bonds is 6. The highest BCUT2D eigenvalue weighted by molar-refractivity contribution is 6.32. The molecule has 3 rings (SSSR count). The Hall–Kier alpha value is -2.61. The van der Waals surface area contributed by atoms with E-state index in [1.165, 1.54) is 6.08 Å². The highest BCUT2D eigenvalue weighted by Crippen LogP contribution is 2.26. The summed E-state index contributed by atoms with van der Waals surface area (Å²) in [5.74, 6) is 0.891. The highest BCUT2D eigenvalue weighted by atomic mass is 35.5. The van der Waals surface area contributed by atoms with Gasteiger partial charge >= 0.3 is 0 Å². The molecule has 8 nitrogen and oxygen atoms in total. The van der Waals surface area contributed by atoms with E-state index in [4.69, 9.17) is 11.6 Å². The van der Waals surface area contributed by atoms with Crippen molar-refractivity contribution in [1.29, 1.82) is 0 Å². The molecular weight excluding hydrogens is 366 g/mol. The first kappa shape index (κ1) is 19.2. The average Bonchev–Trinajstić information content (AvgIpc) is 2.92. The highest BCUT2D eigenvalue weighted by Gasteiger charge is 2.22. The lowest BCUT2D eigenvalue weighted by atomic mass is 10.1. The molecule has 0 radical (unpaired) electrons. The van der Waals surface area contributed by atoms with Crippen molar-refractivity contribution in [1.82, 2.24) is 25.1 Å². The van der Waals surface area contributed by atoms with Gasteiger partial charge in [-0.15, -0.1) is 0 Å². The monoisotopic (exact) mass is 389 g/mol. The fraction of sp³-hybridized carbons (Fsp3) is 0.444. The summed E-state index contributed by atoms with van der Waals surface area (Å²) in [6.45, 7) is 3.52. The quantitative estimate of drug-likeness (QED) is 0.519. The maximum Gasteiger partial charge on any atom is 0.243 e. The van der Waals surface area contributed by atoms with Crippen LogP contribution in [0.1, 0.15) is 32.1 Å². The van der Waals surface area contributed by atoms with E-state index in [2.05, 4.69) is 37.6 Å². The molecular formula is C18H24ClN7O. The second-order valence-electron chi connectivity index (χ2n) is 6.69. The van der Waals surface area contributed by atoms with Gasteiger partial charge in [-0.25, -0.2) is 4.98 Å². The van der Waals surface area contributed by atoms with Crippen molar-refractivity contribution in [2.75, 3.05) is 10.6 Å². The van der Waals surface area contributed by atoms with Crippen molar-refractivity contribution < 1.29 is 4.79 Å². The Bertz CT molecular complexity index is 807. The number of aryl methyl sites for hydroxylation is 1. The van der Waals surface area contributed by atoms with Gasteiger partial charge in [0.25, 0.3) is 0 Å². The van der Waals surface area contributed by atoms with Gasteiger partial charge in [0, 0.05) is 25.3 Å². The van der Waals surface area contributed by atoms with Gasteiger partial charge in [-0.2, -0.15) is 10.1 Å². The van der Waals surface area contributed by atoms with Crippen LogP contribution in [0.15, 0.2) is 31.2 Å². The van der Waals surface area contributed by atoms with Crippen molar-refractivity contribution in [3.63, 3.8) is 0 Å². The molecule has 2 heterocycles. The number of anilines is 3. The van der Waals surface area contributed by atoms with Crippen LogP contribution < -0.4 is 16.0 Å². The molecule has 144 valence electrons. The third-order valence-corrected chi connectivity index (χ3v) is 4.78. The number of halogens is 1. The standard InChI is InChI=1S/C18H24ClN7O/c1-3-16(27)22-12-6-4-5-7-13(8-12)23-17-15(19)10-20-18(25-17)24-14-9-21-26(2)11-14/h3,9-13H,1,4-8H2,2H3,(H,22,27)(H2,20,23,24,25)/t12-,13+/m1/s1. The Morgan fingerprint density at radius 3 is 2.81 bits per heavy atom. The summed E-state index contributed by atoms with van der Waals surface area (Å²) in [6.07, 6.45) is 11.3. The van der Waals surface area contributed by atoms with Crippen LogP contribution in [0.3, 0.4) is 0 Å². The maximum atomic E-state index is 11.6. The van der Waals surface area contributed by atoms with E-state index in [0.717, 1.165) is 37.8 Å². The van der Waals surface area contributed by atoms with Gasteiger partial charge < -0.3 is 16.0 Å². The number of nitrogens with zero attached hydrogens (tertiary/aromatic N) is 4. The van der Waals surface area contributed by atoms with Crippen LogP contribution in [0, 0.1) is 0 Å². The third kappa shape index (κ3) is 5.43. The molecule has 0 aliphatic heterocycles. The molecule has 2 aromatic heterocycles. The van der Waals surface area contributed by atoms with Crippen LogP contribution in [0.4, 0.5) is 17.5 Å². The minimum Gasteiger partial charge on any atom is -0.366 e. The van der Waals surface area contributed by atoms with Crippen LogP contribution in [-0.4, -0.2) is 37.7 Å². The van der Waals surface area contributed by atoms with Crippen LogP contribution in [0.2, 0.25) is 5.02 Å². The molecule has 27 heavy (non-hydrogen) atoms. The van der Waals surface area contributed by atoms with Gasteiger partial charge in [0.15, 0.2) is 5.82 Å². The Kier molecular flexibility index (Phi) is 6.28. The molecule has 2 atom stereocenters. The Morgan fingerprint density at radius 2 is 2.11 bits per heavy atom. The zero-order valence-electron chi connectivity index (χ0n) is 15.3. The molecule has 0 saturated heterocycles. The van der Waals surface area contributed by atoms with Gasteiger partial charge in [0.1, 0.15) is 5.02 Å². The Balaban J connectivity index is 1.68.